The lowest BCUT2D eigenvalue weighted by atomic mass is 9.79. The van der Waals surface area contributed by atoms with Gasteiger partial charge in [-0.1, -0.05) is 40.5 Å². The van der Waals surface area contributed by atoms with E-state index in [0.717, 1.165) is 49.3 Å². The number of alkyl halides is 2. The van der Waals surface area contributed by atoms with Crippen LogP contribution >= 0.6 is 23.2 Å². The number of amides is 1. The number of rotatable bonds is 9. The monoisotopic (exact) mass is 786 g/mol. The molecule has 0 spiro atoms. The highest BCUT2D eigenvalue weighted by atomic mass is 35.5. The molecule has 0 radical (unpaired) electrons. The van der Waals surface area contributed by atoms with E-state index in [0.29, 0.717) is 71.1 Å². The van der Waals surface area contributed by atoms with Crippen LogP contribution in [0.3, 0.4) is 0 Å². The number of carbonyl (C=O) groups is 1. The van der Waals surface area contributed by atoms with Gasteiger partial charge in [-0.2, -0.15) is 5.26 Å². The molecule has 6 heterocycles. The quantitative estimate of drug-likeness (QED) is 0.160. The maximum Gasteiger partial charge on any atom is 0.256 e. The Morgan fingerprint density at radius 1 is 1.16 bits per heavy atom. The van der Waals surface area contributed by atoms with Gasteiger partial charge in [-0.15, -0.1) is 5.10 Å². The zero-order chi connectivity index (χ0) is 38.1. The standard InChI is InChI=1S/C41H39Cl2F3N8O/c1-20-26-16-31(30-15-24(18-52(30)39(55)21-8-9-21)53-19-32(50-51-53)41(10-11-41)40(2,45)46)54(37-23-14-29(37)48-17-23)38(26)27-13-22(5-4-12-47)33(35(44)36(27)49-20)25-6-3-7-28(42)34(25)43/h3,6-7,13,16,19,21,23-24,29-30,37,48H,4-5,8-11,14-15,17-18H2,1-2H3. The average molecular weight is 788 g/mol. The van der Waals surface area contributed by atoms with Crippen LogP contribution in [0.4, 0.5) is 13.2 Å². The largest absolute Gasteiger partial charge is 0.337 e. The molecule has 5 aromatic rings. The van der Waals surface area contributed by atoms with Gasteiger partial charge in [-0.05, 0) is 81.5 Å². The van der Waals surface area contributed by atoms with Crippen LogP contribution in [-0.2, 0) is 16.6 Å². The minimum Gasteiger partial charge on any atom is -0.337 e. The van der Waals surface area contributed by atoms with Crippen LogP contribution < -0.4 is 5.32 Å². The summed E-state index contributed by atoms with van der Waals surface area (Å²) in [5.41, 5.74) is 3.03. The van der Waals surface area contributed by atoms with E-state index in [2.05, 4.69) is 32.3 Å². The van der Waals surface area contributed by atoms with Gasteiger partial charge in [0.2, 0.25) is 5.91 Å². The van der Waals surface area contributed by atoms with Crippen LogP contribution in [0.1, 0.15) is 92.6 Å². The van der Waals surface area contributed by atoms with Crippen LogP contribution in [0.25, 0.3) is 32.9 Å². The van der Waals surface area contributed by atoms with E-state index in [1.165, 1.54) is 0 Å². The number of benzene rings is 2. The number of nitriles is 1. The summed E-state index contributed by atoms with van der Waals surface area (Å²) in [6.07, 6.45) is 6.07. The van der Waals surface area contributed by atoms with E-state index in [-0.39, 0.29) is 58.5 Å². The Hall–Kier alpha value is -4.18. The molecule has 2 aromatic carbocycles. The van der Waals surface area contributed by atoms with E-state index in [1.54, 1.807) is 29.1 Å². The molecule has 3 saturated heterocycles. The highest BCUT2D eigenvalue weighted by molar-refractivity contribution is 6.43. The number of carbonyl (C=O) groups excluding carboxylic acids is 1. The Labute approximate surface area is 325 Å². The minimum absolute atomic E-state index is 0.0433. The minimum atomic E-state index is -2.92. The maximum absolute atomic E-state index is 17.2. The molecule has 3 saturated carbocycles. The Kier molecular flexibility index (Phi) is 7.95. The first-order valence-electron chi connectivity index (χ1n) is 19.2. The summed E-state index contributed by atoms with van der Waals surface area (Å²) in [4.78, 5) is 21.0. The van der Waals surface area contributed by atoms with Crippen LogP contribution in [-0.4, -0.2) is 60.4 Å². The predicted molar refractivity (Wildman–Crippen MR) is 203 cm³/mol. The molecule has 55 heavy (non-hydrogen) atoms. The summed E-state index contributed by atoms with van der Waals surface area (Å²) in [6, 6.07) is 11.1. The highest BCUT2D eigenvalue weighted by Gasteiger charge is 2.62. The van der Waals surface area contributed by atoms with Crippen molar-refractivity contribution in [1.29, 1.82) is 5.26 Å². The van der Waals surface area contributed by atoms with E-state index < -0.39 is 17.2 Å². The third kappa shape index (κ3) is 5.29. The molecule has 9 nitrogen and oxygen atoms in total. The Morgan fingerprint density at radius 2 is 1.96 bits per heavy atom. The van der Waals surface area contributed by atoms with Gasteiger partial charge in [0.05, 0.1) is 50.9 Å². The van der Waals surface area contributed by atoms with Crippen molar-refractivity contribution >= 4 is 50.9 Å². The molecule has 3 aromatic heterocycles. The van der Waals surface area contributed by atoms with E-state index in [9.17, 15) is 18.8 Å². The van der Waals surface area contributed by atoms with E-state index >= 15 is 4.39 Å². The van der Waals surface area contributed by atoms with Crippen molar-refractivity contribution in [3.05, 3.63) is 75.0 Å². The molecule has 3 aliphatic heterocycles. The van der Waals surface area contributed by atoms with Crippen molar-refractivity contribution < 1.29 is 18.0 Å². The Bertz CT molecular complexity index is 2460. The van der Waals surface area contributed by atoms with Crippen LogP contribution in [0.2, 0.25) is 10.0 Å². The molecule has 14 heteroatoms. The molecule has 11 rings (SSSR count). The highest BCUT2D eigenvalue weighted by Crippen LogP contribution is 2.58. The molecular weight excluding hydrogens is 748 g/mol. The van der Waals surface area contributed by atoms with Gasteiger partial charge in [0.15, 0.2) is 5.82 Å². The number of pyridine rings is 1. The normalized spacial score (nSPS) is 25.5. The first kappa shape index (κ1) is 35.2. The number of fused-ring (bicyclic) bond motifs is 4. The zero-order valence-electron chi connectivity index (χ0n) is 30.4. The Morgan fingerprint density at radius 3 is 2.64 bits per heavy atom. The van der Waals surface area contributed by atoms with Crippen molar-refractivity contribution in [2.24, 2.45) is 11.8 Å². The molecule has 284 valence electrons. The Balaban J connectivity index is 1.16. The van der Waals surface area contributed by atoms with Gasteiger partial charge >= 0.3 is 0 Å². The third-order valence-corrected chi connectivity index (χ3v) is 14.0. The second-order valence-corrected chi connectivity index (χ2v) is 17.3. The maximum atomic E-state index is 17.2. The van der Waals surface area contributed by atoms with E-state index in [4.69, 9.17) is 28.2 Å². The number of aryl methyl sites for hydroxylation is 2. The van der Waals surface area contributed by atoms with Gasteiger partial charge < -0.3 is 14.8 Å². The van der Waals surface area contributed by atoms with E-state index in [1.807, 2.05) is 17.9 Å². The van der Waals surface area contributed by atoms with Crippen molar-refractivity contribution in [3.8, 4) is 17.2 Å². The molecular formula is C41H39Cl2F3N8O. The van der Waals surface area contributed by atoms with Gasteiger partial charge in [-0.25, -0.2) is 22.8 Å². The van der Waals surface area contributed by atoms with Crippen molar-refractivity contribution in [2.45, 2.75) is 101 Å². The number of nitrogens with zero attached hydrogens (tertiary/aromatic N) is 7. The molecule has 2 bridgehead atoms. The van der Waals surface area contributed by atoms with Gasteiger partial charge in [-0.3, -0.25) is 4.79 Å². The lowest BCUT2D eigenvalue weighted by Gasteiger charge is -2.39. The summed E-state index contributed by atoms with van der Waals surface area (Å²) >= 11 is 13.1. The lowest BCUT2D eigenvalue weighted by molar-refractivity contribution is -0.133. The molecule has 5 unspecified atom stereocenters. The van der Waals surface area contributed by atoms with Crippen molar-refractivity contribution in [3.63, 3.8) is 0 Å². The summed E-state index contributed by atoms with van der Waals surface area (Å²) in [5, 5.41) is 24.0. The first-order valence-corrected chi connectivity index (χ1v) is 20.0. The van der Waals surface area contributed by atoms with Crippen LogP contribution in [0, 0.1) is 35.9 Å². The summed E-state index contributed by atoms with van der Waals surface area (Å²) in [6.45, 7) is 4.08. The second kappa shape index (κ2) is 12.4. The lowest BCUT2D eigenvalue weighted by Crippen LogP contribution is -2.41. The number of aromatic nitrogens is 5. The molecule has 3 aliphatic carbocycles. The third-order valence-electron chi connectivity index (χ3n) is 13.2. The SMILES string of the molecule is Cc1nc2c(F)c(-c3cccc(Cl)c3Cl)c(CCC#N)cc2c2c1cc(C1CC(n3cc(C4(C(C)(F)F)CC4)nn3)CN1C(=O)C1CC1)n2C1C2CNC1C2. The fraction of sp³-hybridized carbons (Fsp3) is 0.488. The van der Waals surface area contributed by atoms with Gasteiger partial charge in [0, 0.05) is 77.9 Å². The summed E-state index contributed by atoms with van der Waals surface area (Å²) < 4.78 is 50.7. The zero-order valence-corrected chi connectivity index (χ0v) is 31.9. The number of nitrogens with one attached hydrogen (secondary N) is 1. The van der Waals surface area contributed by atoms with Crippen molar-refractivity contribution in [1.82, 2.24) is 34.8 Å². The first-order chi connectivity index (χ1) is 26.4. The number of hydrogen-bond acceptors (Lipinski definition) is 6. The molecule has 1 N–H and O–H groups in total. The van der Waals surface area contributed by atoms with Crippen molar-refractivity contribution in [2.75, 3.05) is 13.1 Å². The topological polar surface area (TPSA) is 105 Å². The van der Waals surface area contributed by atoms with Crippen LogP contribution in [0.15, 0.2) is 36.5 Å². The number of hydrogen-bond donors (Lipinski definition) is 1. The molecule has 1 amide bonds. The fourth-order valence-corrected chi connectivity index (χ4v) is 10.3. The number of likely N-dealkylation sites (tertiary alicyclic amines) is 1. The smallest absolute Gasteiger partial charge is 0.256 e. The summed E-state index contributed by atoms with van der Waals surface area (Å²) in [7, 11) is 0. The molecule has 6 aliphatic rings. The van der Waals surface area contributed by atoms with Gasteiger partial charge in [0.1, 0.15) is 5.52 Å². The summed E-state index contributed by atoms with van der Waals surface area (Å²) in [5.74, 6) is -3.04. The molecule has 5 atom stereocenters. The average Bonchev–Trinajstić information content (AvgIpc) is 3.80. The van der Waals surface area contributed by atoms with Gasteiger partial charge in [0.25, 0.3) is 5.92 Å². The number of halogens is 5. The molecule has 6 fully saturated rings. The predicted octanol–water partition coefficient (Wildman–Crippen LogP) is 8.80. The second-order valence-electron chi connectivity index (χ2n) is 16.5. The fourth-order valence-electron chi connectivity index (χ4n) is 9.91. The van der Waals surface area contributed by atoms with Crippen LogP contribution in [0.5, 0.6) is 0 Å².